The number of alkyl carbamates (subject to hydrolysis) is 1. The number of carbonyl (C=O) groups is 2. The number of esters is 1. The van der Waals surface area contributed by atoms with E-state index in [9.17, 15) is 9.59 Å². The standard InChI is InChI=1S/C19H29NO6/c1-6-24-11-12-25-15-9-7-14(8-10-15)13-16(17(21)23-5)20-18(22)26-19(2,3)4/h7-10,16H,6,11-13H2,1-5H3,(H,20,22)/t16-/m0/s1. The molecule has 0 aliphatic carbocycles. The monoisotopic (exact) mass is 367 g/mol. The van der Waals surface area contributed by atoms with E-state index in [1.54, 1.807) is 20.8 Å². The minimum absolute atomic E-state index is 0.283. The Kier molecular flexibility index (Phi) is 8.92. The van der Waals surface area contributed by atoms with E-state index in [0.29, 0.717) is 25.6 Å². The highest BCUT2D eigenvalue weighted by Gasteiger charge is 2.25. The van der Waals surface area contributed by atoms with Crippen LogP contribution in [0.5, 0.6) is 5.75 Å². The zero-order valence-corrected chi connectivity index (χ0v) is 16.2. The Morgan fingerprint density at radius 3 is 2.31 bits per heavy atom. The lowest BCUT2D eigenvalue weighted by Gasteiger charge is -2.22. The van der Waals surface area contributed by atoms with Gasteiger partial charge in [0.2, 0.25) is 0 Å². The summed E-state index contributed by atoms with van der Waals surface area (Å²) in [4.78, 5) is 23.9. The zero-order valence-electron chi connectivity index (χ0n) is 16.2. The van der Waals surface area contributed by atoms with Crippen LogP contribution in [0.1, 0.15) is 33.3 Å². The number of nitrogens with one attached hydrogen (secondary N) is 1. The lowest BCUT2D eigenvalue weighted by molar-refractivity contribution is -0.143. The Balaban J connectivity index is 2.64. The number of ether oxygens (including phenoxy) is 4. The topological polar surface area (TPSA) is 83.1 Å². The second-order valence-electron chi connectivity index (χ2n) is 6.62. The van der Waals surface area contributed by atoms with Gasteiger partial charge in [0.1, 0.15) is 24.0 Å². The van der Waals surface area contributed by atoms with Gasteiger partial charge in [0.25, 0.3) is 0 Å². The third kappa shape index (κ3) is 8.71. The van der Waals surface area contributed by atoms with Crippen molar-refractivity contribution in [2.45, 2.75) is 45.8 Å². The molecular weight excluding hydrogens is 338 g/mol. The maximum Gasteiger partial charge on any atom is 0.408 e. The Labute approximate surface area is 155 Å². The van der Waals surface area contributed by atoms with Crippen molar-refractivity contribution < 1.29 is 28.5 Å². The van der Waals surface area contributed by atoms with Crippen LogP contribution in [0.4, 0.5) is 4.79 Å². The minimum atomic E-state index is -0.834. The molecule has 0 aliphatic heterocycles. The number of rotatable bonds is 9. The molecule has 1 N–H and O–H groups in total. The molecule has 1 atom stereocenters. The second kappa shape index (κ2) is 10.7. The summed E-state index contributed by atoms with van der Waals surface area (Å²) in [5.74, 6) is 0.177. The van der Waals surface area contributed by atoms with Crippen molar-refractivity contribution in [1.82, 2.24) is 5.32 Å². The van der Waals surface area contributed by atoms with Crippen molar-refractivity contribution in [3.63, 3.8) is 0 Å². The van der Waals surface area contributed by atoms with Gasteiger partial charge in [-0.1, -0.05) is 12.1 Å². The van der Waals surface area contributed by atoms with Crippen LogP contribution < -0.4 is 10.1 Å². The van der Waals surface area contributed by atoms with E-state index in [4.69, 9.17) is 18.9 Å². The lowest BCUT2D eigenvalue weighted by atomic mass is 10.1. The molecule has 0 fully saturated rings. The molecule has 0 saturated heterocycles. The smallest absolute Gasteiger partial charge is 0.408 e. The van der Waals surface area contributed by atoms with Gasteiger partial charge in [-0.15, -0.1) is 0 Å². The fraction of sp³-hybridized carbons (Fsp3) is 0.579. The molecule has 0 radical (unpaired) electrons. The third-order valence-electron chi connectivity index (χ3n) is 3.24. The normalized spacial score (nSPS) is 12.2. The fourth-order valence-electron chi connectivity index (χ4n) is 2.11. The van der Waals surface area contributed by atoms with Crippen molar-refractivity contribution in [3.8, 4) is 5.75 Å². The highest BCUT2D eigenvalue weighted by atomic mass is 16.6. The van der Waals surface area contributed by atoms with Gasteiger partial charge in [-0.05, 0) is 45.4 Å². The van der Waals surface area contributed by atoms with E-state index >= 15 is 0 Å². The van der Waals surface area contributed by atoms with Crippen molar-refractivity contribution in [2.24, 2.45) is 0 Å². The fourth-order valence-corrected chi connectivity index (χ4v) is 2.11. The summed E-state index contributed by atoms with van der Waals surface area (Å²) >= 11 is 0. The average Bonchev–Trinajstić information content (AvgIpc) is 2.57. The largest absolute Gasteiger partial charge is 0.491 e. The predicted octanol–water partition coefficient (Wildman–Crippen LogP) is 2.71. The second-order valence-corrected chi connectivity index (χ2v) is 6.62. The summed E-state index contributed by atoms with van der Waals surface area (Å²) in [6, 6.07) is 6.46. The van der Waals surface area contributed by atoms with Crippen LogP contribution >= 0.6 is 0 Å². The minimum Gasteiger partial charge on any atom is -0.491 e. The molecule has 0 saturated carbocycles. The first-order chi connectivity index (χ1) is 12.2. The van der Waals surface area contributed by atoms with E-state index in [2.05, 4.69) is 5.32 Å². The molecule has 0 unspecified atom stereocenters. The quantitative estimate of drug-likeness (QED) is 0.534. The van der Waals surface area contributed by atoms with Crippen LogP contribution in [0.15, 0.2) is 24.3 Å². The van der Waals surface area contributed by atoms with Crippen molar-refractivity contribution >= 4 is 12.1 Å². The molecule has 0 heterocycles. The summed E-state index contributed by atoms with van der Waals surface area (Å²) in [6.45, 7) is 8.85. The van der Waals surface area contributed by atoms with Crippen molar-refractivity contribution in [1.29, 1.82) is 0 Å². The first-order valence-corrected chi connectivity index (χ1v) is 8.62. The van der Waals surface area contributed by atoms with Gasteiger partial charge >= 0.3 is 12.1 Å². The maximum absolute atomic E-state index is 12.0. The van der Waals surface area contributed by atoms with Crippen LogP contribution in [-0.4, -0.2) is 50.6 Å². The predicted molar refractivity (Wildman–Crippen MR) is 97.3 cm³/mol. The van der Waals surface area contributed by atoms with Gasteiger partial charge in [0, 0.05) is 13.0 Å². The number of carbonyl (C=O) groups excluding carboxylic acids is 2. The van der Waals surface area contributed by atoms with Gasteiger partial charge in [-0.2, -0.15) is 0 Å². The summed E-state index contributed by atoms with van der Waals surface area (Å²) < 4.78 is 20.7. The average molecular weight is 367 g/mol. The summed E-state index contributed by atoms with van der Waals surface area (Å²) in [7, 11) is 1.28. The molecule has 0 aliphatic rings. The van der Waals surface area contributed by atoms with Crippen LogP contribution in [-0.2, 0) is 25.4 Å². The summed E-state index contributed by atoms with van der Waals surface area (Å²) in [5.41, 5.74) is 0.208. The molecule has 0 aromatic heterocycles. The maximum atomic E-state index is 12.0. The summed E-state index contributed by atoms with van der Waals surface area (Å²) in [6.07, 6.45) is -0.380. The summed E-state index contributed by atoms with van der Waals surface area (Å²) in [5, 5.41) is 2.55. The number of methoxy groups -OCH3 is 1. The Bertz CT molecular complexity index is 564. The van der Waals surface area contributed by atoms with Gasteiger partial charge in [0.05, 0.1) is 13.7 Å². The molecule has 7 heteroatoms. The highest BCUT2D eigenvalue weighted by molar-refractivity contribution is 5.81. The van der Waals surface area contributed by atoms with Crippen LogP contribution in [0.2, 0.25) is 0 Å². The van der Waals surface area contributed by atoms with Crippen LogP contribution in [0, 0.1) is 0 Å². The molecule has 0 bridgehead atoms. The van der Waals surface area contributed by atoms with E-state index in [1.165, 1.54) is 7.11 Å². The first kappa shape index (κ1) is 21.8. The number of hydrogen-bond acceptors (Lipinski definition) is 6. The van der Waals surface area contributed by atoms with Crippen molar-refractivity contribution in [3.05, 3.63) is 29.8 Å². The van der Waals surface area contributed by atoms with Crippen LogP contribution in [0.25, 0.3) is 0 Å². The van der Waals surface area contributed by atoms with Crippen LogP contribution in [0.3, 0.4) is 0 Å². The van der Waals surface area contributed by atoms with Gasteiger partial charge in [-0.3, -0.25) is 0 Å². The van der Waals surface area contributed by atoms with E-state index in [0.717, 1.165) is 5.56 Å². The first-order valence-electron chi connectivity index (χ1n) is 8.62. The van der Waals surface area contributed by atoms with E-state index in [1.807, 2.05) is 31.2 Å². The molecule has 1 amide bonds. The van der Waals surface area contributed by atoms with E-state index in [-0.39, 0.29) is 6.42 Å². The molecule has 1 rings (SSSR count). The molecule has 1 aromatic carbocycles. The number of amides is 1. The molecular formula is C19H29NO6. The van der Waals surface area contributed by atoms with Gasteiger partial charge < -0.3 is 24.3 Å². The van der Waals surface area contributed by atoms with Crippen molar-refractivity contribution in [2.75, 3.05) is 26.9 Å². The zero-order chi connectivity index (χ0) is 19.6. The Morgan fingerprint density at radius 1 is 1.12 bits per heavy atom. The van der Waals surface area contributed by atoms with Gasteiger partial charge in [-0.25, -0.2) is 9.59 Å². The molecule has 26 heavy (non-hydrogen) atoms. The number of benzene rings is 1. The molecule has 0 spiro atoms. The number of hydrogen-bond donors (Lipinski definition) is 1. The lowest BCUT2D eigenvalue weighted by Crippen LogP contribution is -2.45. The van der Waals surface area contributed by atoms with Gasteiger partial charge in [0.15, 0.2) is 0 Å². The Hall–Kier alpha value is -2.28. The molecule has 7 nitrogen and oxygen atoms in total. The molecule has 146 valence electrons. The van der Waals surface area contributed by atoms with E-state index < -0.39 is 23.7 Å². The third-order valence-corrected chi connectivity index (χ3v) is 3.24. The highest BCUT2D eigenvalue weighted by Crippen LogP contribution is 2.14. The SMILES string of the molecule is CCOCCOc1ccc(C[C@H](NC(=O)OC(C)(C)C)C(=O)OC)cc1. The molecule has 1 aromatic rings. The Morgan fingerprint density at radius 2 is 1.77 bits per heavy atom.